The van der Waals surface area contributed by atoms with Gasteiger partial charge in [-0.25, -0.2) is 0 Å². The number of nitrogens with one attached hydrogen (secondary N) is 2. The van der Waals surface area contributed by atoms with Crippen molar-refractivity contribution in [1.29, 1.82) is 0 Å². The molecule has 0 spiro atoms. The van der Waals surface area contributed by atoms with Crippen LogP contribution in [0.1, 0.15) is 67.1 Å². The quantitative estimate of drug-likeness (QED) is 0.0675. The van der Waals surface area contributed by atoms with Crippen LogP contribution in [-0.2, 0) is 30.4 Å². The van der Waals surface area contributed by atoms with Gasteiger partial charge in [0.05, 0.1) is 4.90 Å². The highest BCUT2D eigenvalue weighted by molar-refractivity contribution is 7.86. The first-order chi connectivity index (χ1) is 24.5. The van der Waals surface area contributed by atoms with Gasteiger partial charge in [0.25, 0.3) is 30.4 Å². The maximum Gasteiger partial charge on any atom is 0.295 e. The van der Waals surface area contributed by atoms with Gasteiger partial charge in [-0.1, -0.05) is 54.6 Å². The van der Waals surface area contributed by atoms with E-state index in [9.17, 15) is 38.9 Å². The van der Waals surface area contributed by atoms with Crippen LogP contribution in [0.3, 0.4) is 0 Å². The van der Waals surface area contributed by atoms with E-state index in [0.717, 1.165) is 22.3 Å². The highest BCUT2D eigenvalue weighted by Crippen LogP contribution is 2.40. The summed E-state index contributed by atoms with van der Waals surface area (Å²) in [6.07, 6.45) is 0. The van der Waals surface area contributed by atoms with E-state index in [-0.39, 0.29) is 14.7 Å². The molecule has 0 fully saturated rings. The molecule has 0 unspecified atom stereocenters. The minimum absolute atomic E-state index is 0.165. The van der Waals surface area contributed by atoms with E-state index in [4.69, 9.17) is 0 Å². The molecule has 280 valence electrons. The molecule has 0 aliphatic rings. The molecule has 0 saturated carbocycles. The monoisotopic (exact) mass is 778 g/mol. The molecule has 0 atom stereocenters. The molecule has 0 saturated heterocycles. The Morgan fingerprint density at radius 3 is 1.23 bits per heavy atom. The minimum atomic E-state index is -4.63. The Kier molecular flexibility index (Phi) is 10.7. The maximum atomic E-state index is 12.7. The lowest BCUT2D eigenvalue weighted by atomic mass is 9.83. The van der Waals surface area contributed by atoms with Gasteiger partial charge in [0.15, 0.2) is 0 Å². The van der Waals surface area contributed by atoms with Crippen LogP contribution >= 0.6 is 0 Å². The summed E-state index contributed by atoms with van der Waals surface area (Å²) in [4.78, 5) is -0.583. The molecule has 0 amide bonds. The molecule has 0 bridgehead atoms. The first kappa shape index (κ1) is 39.6. The van der Waals surface area contributed by atoms with Crippen LogP contribution in [0.4, 0.5) is 22.7 Å². The highest BCUT2D eigenvalue weighted by Gasteiger charge is 2.27. The van der Waals surface area contributed by atoms with Gasteiger partial charge in [0.2, 0.25) is 0 Å². The molecule has 5 aromatic rings. The fourth-order valence-corrected chi connectivity index (χ4v) is 9.95. The SMILES string of the molecule is Cc1cc(C(c2ccc(Nc3c(C)cc(C)c(S(=O)(=O)O)c3C)c(C)c2)c2ccccc2S(=O)(=O)O)ccc1Nc1c(C)cc(C)c(S(=O)(=O)O)c1C. The van der Waals surface area contributed by atoms with Gasteiger partial charge in [-0.2, -0.15) is 25.3 Å². The van der Waals surface area contributed by atoms with E-state index in [1.54, 1.807) is 64.1 Å². The third kappa shape index (κ3) is 8.03. The molecule has 14 heteroatoms. The lowest BCUT2D eigenvalue weighted by Crippen LogP contribution is -2.12. The van der Waals surface area contributed by atoms with E-state index < -0.39 is 36.3 Å². The van der Waals surface area contributed by atoms with Crippen LogP contribution in [-0.4, -0.2) is 38.9 Å². The van der Waals surface area contributed by atoms with Gasteiger partial charge >= 0.3 is 0 Å². The molecular formula is C39H42N2O9S3. The first-order valence-electron chi connectivity index (χ1n) is 16.5. The normalized spacial score (nSPS) is 12.3. The Labute approximate surface area is 311 Å². The van der Waals surface area contributed by atoms with Gasteiger partial charge in [-0.3, -0.25) is 13.7 Å². The molecule has 0 aromatic heterocycles. The van der Waals surface area contributed by atoms with Crippen molar-refractivity contribution in [2.75, 3.05) is 10.6 Å². The second-order valence-electron chi connectivity index (χ2n) is 13.5. The van der Waals surface area contributed by atoms with E-state index in [0.29, 0.717) is 61.7 Å². The van der Waals surface area contributed by atoms with Crippen molar-refractivity contribution in [3.05, 3.63) is 134 Å². The van der Waals surface area contributed by atoms with Crippen LogP contribution < -0.4 is 10.6 Å². The van der Waals surface area contributed by atoms with Gasteiger partial charge in [-0.05, 0) is 135 Å². The zero-order valence-corrected chi connectivity index (χ0v) is 33.0. The van der Waals surface area contributed by atoms with Crippen molar-refractivity contribution in [1.82, 2.24) is 0 Å². The average Bonchev–Trinajstić information content (AvgIpc) is 3.01. The van der Waals surface area contributed by atoms with E-state index in [1.165, 1.54) is 12.1 Å². The average molecular weight is 779 g/mol. The first-order valence-corrected chi connectivity index (χ1v) is 20.8. The molecular weight excluding hydrogens is 737 g/mol. The Hall–Kier alpha value is -4.57. The Balaban J connectivity index is 1.63. The minimum Gasteiger partial charge on any atom is -0.355 e. The topological polar surface area (TPSA) is 187 Å². The van der Waals surface area contributed by atoms with Gasteiger partial charge < -0.3 is 10.6 Å². The van der Waals surface area contributed by atoms with E-state index in [2.05, 4.69) is 10.6 Å². The molecule has 0 aliphatic carbocycles. The summed E-state index contributed by atoms with van der Waals surface area (Å²) in [6.45, 7) is 13.8. The second kappa shape index (κ2) is 14.3. The Morgan fingerprint density at radius 2 is 0.868 bits per heavy atom. The molecule has 5 N–H and O–H groups in total. The number of benzene rings is 5. The van der Waals surface area contributed by atoms with Crippen LogP contribution in [0.5, 0.6) is 0 Å². The summed E-state index contributed by atoms with van der Waals surface area (Å²) in [5.41, 5.74) is 8.68. The number of anilines is 4. The molecule has 0 aliphatic heterocycles. The Morgan fingerprint density at radius 1 is 0.472 bits per heavy atom. The van der Waals surface area contributed by atoms with Gasteiger partial charge in [0, 0.05) is 28.7 Å². The van der Waals surface area contributed by atoms with E-state index in [1.807, 2.05) is 52.0 Å². The molecule has 53 heavy (non-hydrogen) atoms. The third-order valence-electron chi connectivity index (χ3n) is 9.51. The van der Waals surface area contributed by atoms with Crippen molar-refractivity contribution in [2.45, 2.75) is 76.0 Å². The van der Waals surface area contributed by atoms with Gasteiger partial charge in [-0.15, -0.1) is 0 Å². The zero-order valence-electron chi connectivity index (χ0n) is 30.5. The van der Waals surface area contributed by atoms with Crippen molar-refractivity contribution < 1.29 is 38.9 Å². The lowest BCUT2D eigenvalue weighted by Gasteiger charge is -2.24. The molecule has 5 rings (SSSR count). The molecule has 5 aromatic carbocycles. The summed E-state index contributed by atoms with van der Waals surface area (Å²) < 4.78 is 104. The largest absolute Gasteiger partial charge is 0.355 e. The predicted octanol–water partition coefficient (Wildman–Crippen LogP) is 8.56. The number of hydrogen-bond acceptors (Lipinski definition) is 8. The number of rotatable bonds is 10. The fraction of sp³-hybridized carbons (Fsp3) is 0.231. The van der Waals surface area contributed by atoms with Crippen LogP contribution in [0.25, 0.3) is 0 Å². The summed E-state index contributed by atoms with van der Waals surface area (Å²) in [5.74, 6) is -0.684. The Bertz CT molecular complexity index is 2490. The second-order valence-corrected chi connectivity index (χ2v) is 17.6. The number of hydrogen-bond donors (Lipinski definition) is 5. The van der Waals surface area contributed by atoms with Crippen molar-refractivity contribution in [3.63, 3.8) is 0 Å². The summed E-state index contributed by atoms with van der Waals surface area (Å²) >= 11 is 0. The van der Waals surface area contributed by atoms with Gasteiger partial charge in [0.1, 0.15) is 9.79 Å². The number of aryl methyl sites for hydroxylation is 6. The van der Waals surface area contributed by atoms with E-state index >= 15 is 0 Å². The molecule has 0 radical (unpaired) electrons. The summed E-state index contributed by atoms with van der Waals surface area (Å²) in [7, 11) is -13.6. The van der Waals surface area contributed by atoms with Crippen molar-refractivity contribution >= 4 is 53.1 Å². The highest BCUT2D eigenvalue weighted by atomic mass is 32.2. The fourth-order valence-electron chi connectivity index (χ4n) is 7.30. The molecule has 11 nitrogen and oxygen atoms in total. The predicted molar refractivity (Wildman–Crippen MR) is 207 cm³/mol. The molecule has 0 heterocycles. The standard InChI is InChI=1S/C39H42N2O9S3/c1-21-19-29(13-15-32(21)40-36-23(3)17-25(5)38(27(36)7)52(45,46)47)35(31-11-9-10-12-34(31)51(42,43)44)30-14-16-33(22(2)20-30)41-37-24(4)18-26(6)39(28(37)8)53(48,49)50/h9-20,35,40-41H,1-8H3,(H,42,43,44)(H,45,46,47)(H,48,49,50). The van der Waals surface area contributed by atoms with Crippen LogP contribution in [0.2, 0.25) is 0 Å². The van der Waals surface area contributed by atoms with Crippen LogP contribution in [0, 0.1) is 55.4 Å². The van der Waals surface area contributed by atoms with Crippen LogP contribution in [0.15, 0.2) is 87.5 Å². The van der Waals surface area contributed by atoms with Crippen molar-refractivity contribution in [2.24, 2.45) is 0 Å². The smallest absolute Gasteiger partial charge is 0.295 e. The lowest BCUT2D eigenvalue weighted by molar-refractivity contribution is 0.479. The third-order valence-corrected chi connectivity index (χ3v) is 12.7. The summed E-state index contributed by atoms with van der Waals surface area (Å²) in [5, 5.41) is 6.64. The maximum absolute atomic E-state index is 12.7. The zero-order chi connectivity index (χ0) is 39.4. The summed E-state index contributed by atoms with van der Waals surface area (Å²) in [6, 6.07) is 20.6. The van der Waals surface area contributed by atoms with Crippen molar-refractivity contribution in [3.8, 4) is 0 Å².